The second kappa shape index (κ2) is 10.0. The molecule has 6 heteroatoms. The van der Waals surface area contributed by atoms with Gasteiger partial charge >= 0.3 is 0 Å². The normalized spacial score (nSPS) is 10.6. The third kappa shape index (κ3) is 5.91. The topological polar surface area (TPSA) is 62.8 Å². The van der Waals surface area contributed by atoms with Crippen molar-refractivity contribution in [1.29, 1.82) is 0 Å². The van der Waals surface area contributed by atoms with Gasteiger partial charge in [0.25, 0.3) is 0 Å². The first-order chi connectivity index (χ1) is 10.6. The molecule has 0 fully saturated rings. The van der Waals surface area contributed by atoms with E-state index in [1.165, 1.54) is 0 Å². The highest BCUT2D eigenvalue weighted by Crippen LogP contribution is 2.30. The molecule has 124 valence electrons. The zero-order chi connectivity index (χ0) is 16.4. The quantitative estimate of drug-likeness (QED) is 0.687. The first-order valence-corrected chi connectivity index (χ1v) is 7.62. The molecule has 1 rings (SSSR count). The molecular weight excluding hydrogens is 282 g/mol. The van der Waals surface area contributed by atoms with Crippen molar-refractivity contribution in [3.63, 3.8) is 0 Å². The number of nitrogens with zero attached hydrogens (tertiary/aromatic N) is 1. The summed E-state index contributed by atoms with van der Waals surface area (Å²) in [5.41, 5.74) is 0.693. The van der Waals surface area contributed by atoms with Crippen molar-refractivity contribution < 1.29 is 14.3 Å². The van der Waals surface area contributed by atoms with Gasteiger partial charge in [0, 0.05) is 18.3 Å². The molecule has 0 saturated carbocycles. The van der Waals surface area contributed by atoms with Crippen LogP contribution in [0.4, 0.5) is 5.69 Å². The molecule has 0 bridgehead atoms. The van der Waals surface area contributed by atoms with Gasteiger partial charge in [-0.05, 0) is 32.3 Å². The zero-order valence-electron chi connectivity index (χ0n) is 13.9. The third-order valence-corrected chi connectivity index (χ3v) is 3.34. The highest BCUT2D eigenvalue weighted by atomic mass is 16.5. The van der Waals surface area contributed by atoms with Crippen LogP contribution >= 0.6 is 0 Å². The Kier molecular flexibility index (Phi) is 8.32. The van der Waals surface area contributed by atoms with Crippen LogP contribution in [0.2, 0.25) is 0 Å². The van der Waals surface area contributed by atoms with Gasteiger partial charge in [-0.25, -0.2) is 0 Å². The molecule has 0 aliphatic heterocycles. The van der Waals surface area contributed by atoms with Crippen LogP contribution in [0.3, 0.4) is 0 Å². The monoisotopic (exact) mass is 309 g/mol. The Hall–Kier alpha value is -1.79. The lowest BCUT2D eigenvalue weighted by Crippen LogP contribution is -2.28. The maximum atomic E-state index is 11.6. The standard InChI is InChI=1S/C16H27N3O3/c1-5-19(6-2)9-10-22-15-11-13(7-8-14(15)21-4)18-16(20)12-17-3/h7-8,11,17H,5-6,9-10,12H2,1-4H3,(H,18,20). The molecule has 0 spiro atoms. The Morgan fingerprint density at radius 3 is 2.55 bits per heavy atom. The summed E-state index contributed by atoms with van der Waals surface area (Å²) in [7, 11) is 3.33. The number of methoxy groups -OCH3 is 1. The van der Waals surface area contributed by atoms with Crippen molar-refractivity contribution in [1.82, 2.24) is 10.2 Å². The van der Waals surface area contributed by atoms with E-state index in [0.717, 1.165) is 19.6 Å². The fourth-order valence-corrected chi connectivity index (χ4v) is 2.06. The number of hydrogen-bond donors (Lipinski definition) is 2. The molecule has 0 aliphatic rings. The van der Waals surface area contributed by atoms with Crippen LogP contribution in [0, 0.1) is 0 Å². The minimum atomic E-state index is -0.0956. The highest BCUT2D eigenvalue weighted by Gasteiger charge is 2.08. The van der Waals surface area contributed by atoms with Gasteiger partial charge in [0.15, 0.2) is 11.5 Å². The molecule has 0 aliphatic carbocycles. The van der Waals surface area contributed by atoms with E-state index < -0.39 is 0 Å². The SMILES string of the molecule is CCN(CC)CCOc1cc(NC(=O)CNC)ccc1OC. The van der Waals surface area contributed by atoms with Crippen molar-refractivity contribution >= 4 is 11.6 Å². The van der Waals surface area contributed by atoms with E-state index in [0.29, 0.717) is 23.8 Å². The van der Waals surface area contributed by atoms with Crippen molar-refractivity contribution in [2.75, 3.05) is 52.3 Å². The number of rotatable bonds is 10. The minimum absolute atomic E-state index is 0.0956. The predicted octanol–water partition coefficient (Wildman–Crippen LogP) is 1.57. The van der Waals surface area contributed by atoms with Gasteiger partial charge in [-0.15, -0.1) is 0 Å². The lowest BCUT2D eigenvalue weighted by atomic mass is 10.2. The molecule has 0 aromatic heterocycles. The van der Waals surface area contributed by atoms with Gasteiger partial charge in [0.1, 0.15) is 6.61 Å². The summed E-state index contributed by atoms with van der Waals surface area (Å²) >= 11 is 0. The highest BCUT2D eigenvalue weighted by molar-refractivity contribution is 5.92. The third-order valence-electron chi connectivity index (χ3n) is 3.34. The van der Waals surface area contributed by atoms with E-state index in [4.69, 9.17) is 9.47 Å². The summed E-state index contributed by atoms with van der Waals surface area (Å²) in [6.45, 7) is 7.95. The van der Waals surface area contributed by atoms with Crippen LogP contribution in [0.15, 0.2) is 18.2 Å². The van der Waals surface area contributed by atoms with Crippen molar-refractivity contribution in [2.24, 2.45) is 0 Å². The zero-order valence-corrected chi connectivity index (χ0v) is 13.9. The van der Waals surface area contributed by atoms with Crippen molar-refractivity contribution in [3.05, 3.63) is 18.2 Å². The largest absolute Gasteiger partial charge is 0.493 e. The number of nitrogens with one attached hydrogen (secondary N) is 2. The summed E-state index contributed by atoms with van der Waals surface area (Å²) < 4.78 is 11.1. The Morgan fingerprint density at radius 1 is 1.23 bits per heavy atom. The van der Waals surface area contributed by atoms with Crippen LogP contribution in [0.25, 0.3) is 0 Å². The maximum Gasteiger partial charge on any atom is 0.238 e. The van der Waals surface area contributed by atoms with E-state index >= 15 is 0 Å². The molecule has 2 N–H and O–H groups in total. The summed E-state index contributed by atoms with van der Waals surface area (Å²) in [5.74, 6) is 1.20. The molecule has 0 unspecified atom stereocenters. The Morgan fingerprint density at radius 2 is 1.95 bits per heavy atom. The number of likely N-dealkylation sites (N-methyl/N-ethyl adjacent to an activating group) is 2. The van der Waals surface area contributed by atoms with Gasteiger partial charge in [-0.1, -0.05) is 13.8 Å². The van der Waals surface area contributed by atoms with Crippen molar-refractivity contribution in [3.8, 4) is 11.5 Å². The molecule has 0 heterocycles. The van der Waals surface area contributed by atoms with Gasteiger partial charge in [0.05, 0.1) is 13.7 Å². The molecule has 0 radical (unpaired) electrons. The molecule has 6 nitrogen and oxygen atoms in total. The number of carbonyl (C=O) groups excluding carboxylic acids is 1. The van der Waals surface area contributed by atoms with Gasteiger partial charge in [0.2, 0.25) is 5.91 Å². The lowest BCUT2D eigenvalue weighted by Gasteiger charge is -2.19. The average Bonchev–Trinajstić information content (AvgIpc) is 2.52. The van der Waals surface area contributed by atoms with Crippen LogP contribution in [-0.2, 0) is 4.79 Å². The smallest absolute Gasteiger partial charge is 0.238 e. The average molecular weight is 309 g/mol. The second-order valence-electron chi connectivity index (χ2n) is 4.82. The minimum Gasteiger partial charge on any atom is -0.493 e. The molecule has 1 amide bonds. The Bertz CT molecular complexity index is 462. The second-order valence-corrected chi connectivity index (χ2v) is 4.82. The molecule has 22 heavy (non-hydrogen) atoms. The summed E-state index contributed by atoms with van der Waals surface area (Å²) in [6, 6.07) is 5.37. The lowest BCUT2D eigenvalue weighted by molar-refractivity contribution is -0.115. The number of carbonyl (C=O) groups is 1. The van der Waals surface area contributed by atoms with E-state index in [1.807, 2.05) is 0 Å². The first kappa shape index (κ1) is 18.3. The van der Waals surface area contributed by atoms with Gasteiger partial charge in [-0.3, -0.25) is 4.79 Å². The molecule has 1 aromatic carbocycles. The van der Waals surface area contributed by atoms with Crippen LogP contribution < -0.4 is 20.1 Å². The number of hydrogen-bond acceptors (Lipinski definition) is 5. The number of anilines is 1. The molecule has 1 aromatic rings. The van der Waals surface area contributed by atoms with Gasteiger partial charge in [-0.2, -0.15) is 0 Å². The van der Waals surface area contributed by atoms with Gasteiger partial charge < -0.3 is 25.0 Å². The molecular formula is C16H27N3O3. The summed E-state index contributed by atoms with van der Waals surface area (Å²) in [5, 5.41) is 5.62. The fraction of sp³-hybridized carbons (Fsp3) is 0.562. The van der Waals surface area contributed by atoms with E-state index in [1.54, 1.807) is 32.4 Å². The fourth-order valence-electron chi connectivity index (χ4n) is 2.06. The summed E-state index contributed by atoms with van der Waals surface area (Å²) in [4.78, 5) is 13.9. The Labute approximate surface area is 132 Å². The first-order valence-electron chi connectivity index (χ1n) is 7.62. The number of ether oxygens (including phenoxy) is 2. The number of benzene rings is 1. The van der Waals surface area contributed by atoms with E-state index in [2.05, 4.69) is 29.4 Å². The predicted molar refractivity (Wildman–Crippen MR) is 88.8 cm³/mol. The molecule has 0 atom stereocenters. The Balaban J connectivity index is 2.68. The van der Waals surface area contributed by atoms with E-state index in [-0.39, 0.29) is 12.5 Å². The van der Waals surface area contributed by atoms with Crippen LogP contribution in [-0.4, -0.2) is 57.8 Å². The summed E-state index contributed by atoms with van der Waals surface area (Å²) in [6.07, 6.45) is 0. The maximum absolute atomic E-state index is 11.6. The van der Waals surface area contributed by atoms with Crippen LogP contribution in [0.5, 0.6) is 11.5 Å². The van der Waals surface area contributed by atoms with E-state index in [9.17, 15) is 4.79 Å². The van der Waals surface area contributed by atoms with Crippen LogP contribution in [0.1, 0.15) is 13.8 Å². The number of amides is 1. The van der Waals surface area contributed by atoms with Crippen molar-refractivity contribution in [2.45, 2.75) is 13.8 Å². The molecule has 0 saturated heterocycles.